The lowest BCUT2D eigenvalue weighted by atomic mass is 10.0. The van der Waals surface area contributed by atoms with E-state index in [2.05, 4.69) is 25.9 Å². The summed E-state index contributed by atoms with van der Waals surface area (Å²) >= 11 is 0. The average molecular weight is 476 g/mol. The second-order valence-corrected chi connectivity index (χ2v) is 7.66. The van der Waals surface area contributed by atoms with Crippen molar-refractivity contribution in [1.82, 2.24) is 25.9 Å². The van der Waals surface area contributed by atoms with Gasteiger partial charge in [-0.2, -0.15) is 0 Å². The fourth-order valence-corrected chi connectivity index (χ4v) is 3.02. The van der Waals surface area contributed by atoms with Crippen LogP contribution >= 0.6 is 0 Å². The Balaban J connectivity index is 2.06. The van der Waals surface area contributed by atoms with Crippen LogP contribution in [0.1, 0.15) is 18.2 Å². The molecule has 0 radical (unpaired) electrons. The molecule has 1 aromatic heterocycles. The Kier molecular flexibility index (Phi) is 9.52. The number of aromatic amines is 1. The van der Waals surface area contributed by atoms with Gasteiger partial charge in [0.25, 0.3) is 0 Å². The molecule has 0 fully saturated rings. The molecule has 0 aliphatic carbocycles. The number of hydrogen-bond donors (Lipinski definition) is 8. The number of nitrogens with one attached hydrogen (secondary N) is 4. The first-order chi connectivity index (χ1) is 16.1. The number of hydrogen-bond acceptors (Lipinski definition) is 8. The standard InChI is InChI=1S/C21H28N6O7/c1-11(28)18(27-19(32)15(22)6-12-2-4-14(29)5-3-12)21(34)26-16(7-13-8-23-10-25-13)20(33)24-9-17(30)31/h2-5,8,10-11,15-16,18,28-29H,6-7,9,22H2,1H3,(H,23,25)(H,24,33)(H,26,34)(H,27,32)(H,30,31). The number of nitrogens with two attached hydrogens (primary N) is 1. The molecule has 34 heavy (non-hydrogen) atoms. The summed E-state index contributed by atoms with van der Waals surface area (Å²) in [5.74, 6) is -3.56. The van der Waals surface area contributed by atoms with Gasteiger partial charge >= 0.3 is 5.97 Å². The minimum atomic E-state index is -1.44. The van der Waals surface area contributed by atoms with E-state index < -0.39 is 54.5 Å². The van der Waals surface area contributed by atoms with Crippen molar-refractivity contribution in [2.75, 3.05) is 6.54 Å². The first-order valence-corrected chi connectivity index (χ1v) is 10.4. The Morgan fingerprint density at radius 1 is 1.06 bits per heavy atom. The van der Waals surface area contributed by atoms with Gasteiger partial charge in [0.05, 0.1) is 18.5 Å². The van der Waals surface area contributed by atoms with Crippen molar-refractivity contribution < 1.29 is 34.5 Å². The summed E-state index contributed by atoms with van der Waals surface area (Å²) in [7, 11) is 0. The molecule has 4 atom stereocenters. The van der Waals surface area contributed by atoms with Gasteiger partial charge in [-0.1, -0.05) is 12.1 Å². The fraction of sp³-hybridized carbons (Fsp3) is 0.381. The van der Waals surface area contributed by atoms with Gasteiger partial charge in [-0.15, -0.1) is 0 Å². The molecule has 0 aliphatic heterocycles. The Morgan fingerprint density at radius 2 is 1.74 bits per heavy atom. The molecule has 9 N–H and O–H groups in total. The van der Waals surface area contributed by atoms with Crippen LogP contribution in [0.4, 0.5) is 0 Å². The zero-order chi connectivity index (χ0) is 25.3. The molecule has 1 heterocycles. The lowest BCUT2D eigenvalue weighted by molar-refractivity contribution is -0.138. The van der Waals surface area contributed by atoms with Crippen molar-refractivity contribution >= 4 is 23.7 Å². The van der Waals surface area contributed by atoms with Gasteiger partial charge in [-0.05, 0) is 31.0 Å². The molecular weight excluding hydrogens is 448 g/mol. The van der Waals surface area contributed by atoms with E-state index in [9.17, 15) is 29.4 Å². The second kappa shape index (κ2) is 12.3. The third-order valence-electron chi connectivity index (χ3n) is 4.82. The van der Waals surface area contributed by atoms with Crippen LogP contribution in [0.15, 0.2) is 36.8 Å². The van der Waals surface area contributed by atoms with Gasteiger partial charge in [0, 0.05) is 18.3 Å². The molecule has 4 unspecified atom stereocenters. The number of nitrogens with zero attached hydrogens (tertiary/aromatic N) is 1. The zero-order valence-corrected chi connectivity index (χ0v) is 18.4. The number of carbonyl (C=O) groups is 4. The van der Waals surface area contributed by atoms with Crippen LogP contribution < -0.4 is 21.7 Å². The number of carboxylic acid groups (broad SMARTS) is 1. The SMILES string of the molecule is CC(O)C(NC(=O)C(N)Cc1ccc(O)cc1)C(=O)NC(Cc1cnc[nH]1)C(=O)NCC(=O)O. The van der Waals surface area contributed by atoms with Crippen LogP contribution in [0, 0.1) is 0 Å². The van der Waals surface area contributed by atoms with Crippen molar-refractivity contribution in [1.29, 1.82) is 0 Å². The first kappa shape index (κ1) is 26.3. The molecule has 2 aromatic rings. The van der Waals surface area contributed by atoms with E-state index in [4.69, 9.17) is 10.8 Å². The number of rotatable bonds is 12. The largest absolute Gasteiger partial charge is 0.508 e. The lowest BCUT2D eigenvalue weighted by Gasteiger charge is -2.25. The second-order valence-electron chi connectivity index (χ2n) is 7.66. The number of phenolic OH excluding ortho intramolecular Hbond substituents is 1. The number of aliphatic hydroxyl groups excluding tert-OH is 1. The summed E-state index contributed by atoms with van der Waals surface area (Å²) in [6, 6.07) is 2.38. The van der Waals surface area contributed by atoms with Gasteiger partial charge in [-0.3, -0.25) is 19.2 Å². The predicted octanol–water partition coefficient (Wildman–Crippen LogP) is -2.22. The highest BCUT2D eigenvalue weighted by atomic mass is 16.4. The summed E-state index contributed by atoms with van der Waals surface area (Å²) in [5.41, 5.74) is 7.09. The number of phenols is 1. The third-order valence-corrected chi connectivity index (χ3v) is 4.82. The molecule has 13 heteroatoms. The molecule has 0 aliphatic rings. The van der Waals surface area contributed by atoms with Crippen molar-refractivity contribution in [3.8, 4) is 5.75 Å². The van der Waals surface area contributed by atoms with Crippen LogP contribution in [0.2, 0.25) is 0 Å². The molecule has 13 nitrogen and oxygen atoms in total. The number of imidazole rings is 1. The number of aliphatic hydroxyl groups is 1. The molecule has 0 bridgehead atoms. The summed E-state index contributed by atoms with van der Waals surface area (Å²) in [5, 5.41) is 35.2. The summed E-state index contributed by atoms with van der Waals surface area (Å²) in [4.78, 5) is 55.2. The van der Waals surface area contributed by atoms with Crippen LogP contribution in [0.25, 0.3) is 0 Å². The number of aromatic hydroxyl groups is 1. The molecule has 184 valence electrons. The van der Waals surface area contributed by atoms with E-state index in [0.29, 0.717) is 11.3 Å². The van der Waals surface area contributed by atoms with Crippen molar-refractivity contribution in [2.24, 2.45) is 5.73 Å². The maximum Gasteiger partial charge on any atom is 0.322 e. The minimum absolute atomic E-state index is 0.0436. The predicted molar refractivity (Wildman–Crippen MR) is 118 cm³/mol. The van der Waals surface area contributed by atoms with Crippen LogP contribution in [-0.2, 0) is 32.0 Å². The highest BCUT2D eigenvalue weighted by Crippen LogP contribution is 2.11. The molecule has 0 saturated carbocycles. The summed E-state index contributed by atoms with van der Waals surface area (Å²) < 4.78 is 0. The summed E-state index contributed by atoms with van der Waals surface area (Å²) in [6.07, 6.45) is 1.54. The van der Waals surface area contributed by atoms with Gasteiger partial charge in [-0.25, -0.2) is 4.98 Å². The number of carbonyl (C=O) groups excluding carboxylic acids is 3. The molecule has 0 saturated heterocycles. The zero-order valence-electron chi connectivity index (χ0n) is 18.4. The van der Waals surface area contributed by atoms with Gasteiger partial charge in [0.2, 0.25) is 17.7 Å². The number of carboxylic acids is 1. The first-order valence-electron chi connectivity index (χ1n) is 10.4. The minimum Gasteiger partial charge on any atom is -0.508 e. The molecule has 0 spiro atoms. The quantitative estimate of drug-likeness (QED) is 0.166. The molecule has 2 rings (SSSR count). The Labute approximate surface area is 194 Å². The third kappa shape index (κ3) is 8.18. The number of amides is 3. The van der Waals surface area contributed by atoms with Crippen molar-refractivity contribution in [3.05, 3.63) is 48.0 Å². The van der Waals surface area contributed by atoms with E-state index >= 15 is 0 Å². The smallest absolute Gasteiger partial charge is 0.322 e. The van der Waals surface area contributed by atoms with E-state index in [0.717, 1.165) is 0 Å². The van der Waals surface area contributed by atoms with Crippen LogP contribution in [-0.4, -0.2) is 79.8 Å². The fourth-order valence-electron chi connectivity index (χ4n) is 3.02. The van der Waals surface area contributed by atoms with Gasteiger partial charge in [0.15, 0.2) is 0 Å². The van der Waals surface area contributed by atoms with E-state index in [-0.39, 0.29) is 18.6 Å². The van der Waals surface area contributed by atoms with Crippen LogP contribution in [0.5, 0.6) is 5.75 Å². The Bertz CT molecular complexity index is 978. The normalized spacial score (nSPS) is 14.3. The Morgan fingerprint density at radius 3 is 2.29 bits per heavy atom. The maximum atomic E-state index is 12.8. The number of benzene rings is 1. The van der Waals surface area contributed by atoms with Gasteiger partial charge in [0.1, 0.15) is 24.4 Å². The van der Waals surface area contributed by atoms with Crippen molar-refractivity contribution in [2.45, 2.75) is 44.0 Å². The topological polar surface area (TPSA) is 220 Å². The van der Waals surface area contributed by atoms with Crippen molar-refractivity contribution in [3.63, 3.8) is 0 Å². The number of aliphatic carboxylic acids is 1. The molecular formula is C21H28N6O7. The maximum absolute atomic E-state index is 12.8. The van der Waals surface area contributed by atoms with Crippen LogP contribution in [0.3, 0.4) is 0 Å². The molecule has 1 aromatic carbocycles. The highest BCUT2D eigenvalue weighted by Gasteiger charge is 2.31. The number of aromatic nitrogens is 2. The lowest BCUT2D eigenvalue weighted by Crippen LogP contribution is -2.59. The number of H-pyrrole nitrogens is 1. The summed E-state index contributed by atoms with van der Waals surface area (Å²) in [6.45, 7) is 0.626. The van der Waals surface area contributed by atoms with E-state index in [1.807, 2.05) is 0 Å². The van der Waals surface area contributed by atoms with Gasteiger partial charge < -0.3 is 42.0 Å². The van der Waals surface area contributed by atoms with E-state index in [1.165, 1.54) is 31.6 Å². The highest BCUT2D eigenvalue weighted by molar-refractivity contribution is 5.94. The average Bonchev–Trinajstić information content (AvgIpc) is 3.29. The Hall–Kier alpha value is -3.97. The van der Waals surface area contributed by atoms with E-state index in [1.54, 1.807) is 12.1 Å². The monoisotopic (exact) mass is 476 g/mol. The molecule has 3 amide bonds.